The first-order valence-corrected chi connectivity index (χ1v) is 18.2. The molecule has 0 bridgehead atoms. The van der Waals surface area contributed by atoms with Crippen molar-refractivity contribution in [3.05, 3.63) is 90.0 Å². The van der Waals surface area contributed by atoms with E-state index in [0.717, 1.165) is 50.7 Å². The number of benzene rings is 3. The van der Waals surface area contributed by atoms with Gasteiger partial charge < -0.3 is 13.9 Å². The second kappa shape index (κ2) is 13.4. The molecule has 0 radical (unpaired) electrons. The molecule has 0 saturated heterocycles. The number of methoxy groups -OCH3 is 1. The predicted molar refractivity (Wildman–Crippen MR) is 178 cm³/mol. The molecule has 0 aromatic heterocycles. The summed E-state index contributed by atoms with van der Waals surface area (Å²) < 4.78 is 19.5. The second-order valence-corrected chi connectivity index (χ2v) is 18.0. The molecule has 2 aliphatic rings. The Morgan fingerprint density at radius 2 is 1.56 bits per heavy atom. The van der Waals surface area contributed by atoms with Gasteiger partial charge in [0.15, 0.2) is 0 Å². The summed E-state index contributed by atoms with van der Waals surface area (Å²) in [4.78, 5) is 12.0. The zero-order chi connectivity index (χ0) is 30.6. The van der Waals surface area contributed by atoms with Crippen LogP contribution in [0.4, 0.5) is 0 Å². The molecule has 1 saturated carbocycles. The van der Waals surface area contributed by atoms with Crippen LogP contribution in [0.15, 0.2) is 78.9 Å². The van der Waals surface area contributed by atoms with Crippen molar-refractivity contribution < 1.29 is 18.7 Å². The summed E-state index contributed by atoms with van der Waals surface area (Å²) in [6.07, 6.45) is 7.01. The summed E-state index contributed by atoms with van der Waals surface area (Å²) in [7, 11) is -0.937. The summed E-state index contributed by atoms with van der Waals surface area (Å²) in [5, 5.41) is 2.58. The van der Waals surface area contributed by atoms with Crippen molar-refractivity contribution in [1.82, 2.24) is 0 Å². The molecule has 1 fully saturated rings. The molecule has 0 unspecified atom stereocenters. The molecule has 3 aromatic carbocycles. The Balaban J connectivity index is 1.56. The van der Waals surface area contributed by atoms with E-state index in [4.69, 9.17) is 13.9 Å². The first-order valence-electron chi connectivity index (χ1n) is 16.3. The number of carbonyl (C=O) groups is 1. The average Bonchev–Trinajstić information content (AvgIpc) is 3.32. The number of hydrogen-bond donors (Lipinski definition) is 0. The third-order valence-electron chi connectivity index (χ3n) is 10.1. The second-order valence-electron chi connectivity index (χ2n) is 13.7. The van der Waals surface area contributed by atoms with Crippen molar-refractivity contribution in [2.75, 3.05) is 7.11 Å². The number of fused-ring (bicyclic) bond motifs is 2. The summed E-state index contributed by atoms with van der Waals surface area (Å²) in [6.45, 7) is 10.8. The molecule has 0 amide bonds. The van der Waals surface area contributed by atoms with Gasteiger partial charge in [-0.2, -0.15) is 0 Å². The lowest BCUT2D eigenvalue weighted by Gasteiger charge is -2.46. The first-order chi connectivity index (χ1) is 20.7. The van der Waals surface area contributed by atoms with E-state index < -0.39 is 8.32 Å². The van der Waals surface area contributed by atoms with Crippen LogP contribution in [0.25, 0.3) is 0 Å². The summed E-state index contributed by atoms with van der Waals surface area (Å²) in [6, 6.07) is 28.6. The Bertz CT molecular complexity index is 1310. The topological polar surface area (TPSA) is 44.8 Å². The van der Waals surface area contributed by atoms with Gasteiger partial charge in [0.05, 0.1) is 7.11 Å². The molecule has 0 aliphatic heterocycles. The maximum atomic E-state index is 12.0. The zero-order valence-electron chi connectivity index (χ0n) is 27.0. The number of ether oxygens (including phenoxy) is 2. The van der Waals surface area contributed by atoms with Gasteiger partial charge in [0, 0.05) is 13.0 Å². The lowest BCUT2D eigenvalue weighted by molar-refractivity contribution is -0.147. The highest BCUT2D eigenvalue weighted by atomic mass is 28.4. The summed E-state index contributed by atoms with van der Waals surface area (Å²) in [5.74, 6) is 2.29. The molecule has 5 atom stereocenters. The van der Waals surface area contributed by atoms with Crippen LogP contribution in [0.3, 0.4) is 0 Å². The van der Waals surface area contributed by atoms with Gasteiger partial charge in [-0.15, -0.1) is 0 Å². The van der Waals surface area contributed by atoms with E-state index in [1.54, 1.807) is 7.11 Å². The molecule has 43 heavy (non-hydrogen) atoms. The van der Waals surface area contributed by atoms with Gasteiger partial charge in [0.2, 0.25) is 0 Å². The molecule has 3 aromatic rings. The molecule has 2 aliphatic carbocycles. The molecule has 230 valence electrons. The monoisotopic (exact) mass is 598 g/mol. The number of rotatable bonds is 11. The van der Waals surface area contributed by atoms with Gasteiger partial charge in [-0.25, -0.2) is 0 Å². The Morgan fingerprint density at radius 1 is 0.907 bits per heavy atom. The van der Waals surface area contributed by atoms with Gasteiger partial charge in [-0.3, -0.25) is 4.79 Å². The van der Waals surface area contributed by atoms with E-state index >= 15 is 0 Å². The average molecular weight is 599 g/mol. The van der Waals surface area contributed by atoms with Crippen molar-refractivity contribution in [3.63, 3.8) is 0 Å². The summed E-state index contributed by atoms with van der Waals surface area (Å²) in [5.41, 5.74) is 2.79. The first kappa shape index (κ1) is 31.5. The minimum Gasteiger partial charge on any atom is -0.496 e. The highest BCUT2D eigenvalue weighted by Gasteiger charge is 2.55. The molecule has 5 rings (SSSR count). The Kier molecular flexibility index (Phi) is 9.82. The lowest BCUT2D eigenvalue weighted by atomic mass is 9.73. The highest BCUT2D eigenvalue weighted by molar-refractivity contribution is 6.99. The van der Waals surface area contributed by atoms with E-state index in [1.807, 2.05) is 0 Å². The maximum Gasteiger partial charge on any atom is 0.302 e. The Hall–Kier alpha value is -2.89. The van der Waals surface area contributed by atoms with Crippen molar-refractivity contribution in [2.24, 2.45) is 17.8 Å². The van der Waals surface area contributed by atoms with Crippen LogP contribution in [0, 0.1) is 17.8 Å². The molecule has 0 heterocycles. The fraction of sp³-hybridized carbons (Fsp3) is 0.500. The van der Waals surface area contributed by atoms with E-state index in [2.05, 4.69) is 107 Å². The van der Waals surface area contributed by atoms with Crippen molar-refractivity contribution in [3.8, 4) is 5.75 Å². The molecule has 0 N–H and O–H groups in total. The van der Waals surface area contributed by atoms with E-state index in [9.17, 15) is 4.79 Å². The standard InChI is InChI=1S/C38H50O4Si/c1-7-15-30(41-27(2)39)22-23-33-34-24-28-16-14-21-36(40-6)35(28)25-29(34)26-37(33)42-43(38(3,4)5,31-17-10-8-11-18-31)32-19-12-9-13-20-32/h8-14,16-21,29-30,33-34,37H,7,15,22-26H2,1-6H3/t29-,30-,33+,34+,37-/m0/s1. The van der Waals surface area contributed by atoms with Crippen LogP contribution in [-0.2, 0) is 26.8 Å². The smallest absolute Gasteiger partial charge is 0.302 e. The zero-order valence-corrected chi connectivity index (χ0v) is 28.0. The molecular formula is C38H50O4Si. The van der Waals surface area contributed by atoms with Crippen molar-refractivity contribution in [1.29, 1.82) is 0 Å². The van der Waals surface area contributed by atoms with Crippen LogP contribution >= 0.6 is 0 Å². The van der Waals surface area contributed by atoms with Gasteiger partial charge in [-0.05, 0) is 88.9 Å². The normalized spacial score (nSPS) is 22.4. The quantitative estimate of drug-likeness (QED) is 0.169. The third kappa shape index (κ3) is 6.49. The number of esters is 1. The van der Waals surface area contributed by atoms with Crippen LogP contribution in [-0.4, -0.2) is 33.6 Å². The van der Waals surface area contributed by atoms with Crippen LogP contribution in [0.5, 0.6) is 5.75 Å². The van der Waals surface area contributed by atoms with Crippen molar-refractivity contribution >= 4 is 24.7 Å². The summed E-state index contributed by atoms with van der Waals surface area (Å²) >= 11 is 0. The lowest BCUT2D eigenvalue weighted by Crippen LogP contribution is -2.68. The van der Waals surface area contributed by atoms with E-state index in [0.29, 0.717) is 17.8 Å². The highest BCUT2D eigenvalue weighted by Crippen LogP contribution is 2.51. The van der Waals surface area contributed by atoms with Crippen LogP contribution < -0.4 is 15.1 Å². The Morgan fingerprint density at radius 3 is 2.12 bits per heavy atom. The predicted octanol–water partition coefficient (Wildman–Crippen LogP) is 7.50. The SMILES string of the molecule is CCC[C@@H](CC[C@@H]1[C@@H]2Cc3cccc(OC)c3C[C@H]2C[C@@H]1O[Si](c1ccccc1)(c1ccccc1)C(C)(C)C)OC(C)=O. The molecule has 0 spiro atoms. The number of hydrogen-bond acceptors (Lipinski definition) is 4. The van der Waals surface area contributed by atoms with Gasteiger partial charge in [0.1, 0.15) is 11.9 Å². The largest absolute Gasteiger partial charge is 0.496 e. The van der Waals surface area contributed by atoms with Gasteiger partial charge in [-0.1, -0.05) is 107 Å². The fourth-order valence-corrected chi connectivity index (χ4v) is 13.0. The molecule has 5 heteroatoms. The third-order valence-corrected chi connectivity index (χ3v) is 15.1. The fourth-order valence-electron chi connectivity index (χ4n) is 8.22. The molecule has 4 nitrogen and oxygen atoms in total. The van der Waals surface area contributed by atoms with Crippen LogP contribution in [0.1, 0.15) is 77.8 Å². The van der Waals surface area contributed by atoms with E-state index in [-0.39, 0.29) is 23.2 Å². The van der Waals surface area contributed by atoms with E-state index in [1.165, 1.54) is 28.4 Å². The number of carbonyl (C=O) groups excluding carboxylic acids is 1. The van der Waals surface area contributed by atoms with Gasteiger partial charge >= 0.3 is 5.97 Å². The minimum absolute atomic E-state index is 0.0361. The van der Waals surface area contributed by atoms with Gasteiger partial charge in [0.25, 0.3) is 8.32 Å². The van der Waals surface area contributed by atoms with Crippen molar-refractivity contribution in [2.45, 2.75) is 96.8 Å². The van der Waals surface area contributed by atoms with Crippen LogP contribution in [0.2, 0.25) is 5.04 Å². The maximum absolute atomic E-state index is 12.0. The Labute approximate surface area is 260 Å². The molecular weight excluding hydrogens is 549 g/mol. The minimum atomic E-state index is -2.73.